The average Bonchev–Trinajstić information content (AvgIpc) is 2.78. The number of nitrogens with one attached hydrogen (secondary N) is 1. The molecule has 30 heavy (non-hydrogen) atoms. The van der Waals surface area contributed by atoms with Gasteiger partial charge in [0.2, 0.25) is 0 Å². The molecule has 0 saturated heterocycles. The van der Waals surface area contributed by atoms with Crippen LogP contribution in [0.3, 0.4) is 0 Å². The van der Waals surface area contributed by atoms with Gasteiger partial charge in [0, 0.05) is 24.4 Å². The monoisotopic (exact) mass is 403 g/mol. The number of hydrogen-bond acceptors (Lipinski definition) is 5. The molecular weight excluding hydrogens is 378 g/mol. The Labute approximate surface area is 176 Å². The molecule has 0 bridgehead atoms. The molecule has 6 heteroatoms. The highest BCUT2D eigenvalue weighted by Crippen LogP contribution is 2.20. The number of rotatable bonds is 9. The van der Waals surface area contributed by atoms with Crippen molar-refractivity contribution in [3.63, 3.8) is 0 Å². The second-order valence-electron chi connectivity index (χ2n) is 6.75. The molecule has 0 aliphatic carbocycles. The molecule has 0 aliphatic heterocycles. The number of aromatic nitrogens is 1. The Bertz CT molecular complexity index is 986. The van der Waals surface area contributed by atoms with Crippen LogP contribution in [-0.4, -0.2) is 30.3 Å². The summed E-state index contributed by atoms with van der Waals surface area (Å²) in [7, 11) is 0. The van der Waals surface area contributed by atoms with E-state index in [2.05, 4.69) is 35.4 Å². The van der Waals surface area contributed by atoms with E-state index < -0.39 is 0 Å². The van der Waals surface area contributed by atoms with Gasteiger partial charge in [0.25, 0.3) is 5.91 Å². The van der Waals surface area contributed by atoms with Crippen molar-refractivity contribution in [1.82, 2.24) is 10.4 Å². The lowest BCUT2D eigenvalue weighted by molar-refractivity contribution is 0.0955. The molecule has 0 saturated carbocycles. The third kappa shape index (κ3) is 6.17. The van der Waals surface area contributed by atoms with Crippen molar-refractivity contribution < 1.29 is 14.3 Å². The summed E-state index contributed by atoms with van der Waals surface area (Å²) in [5.41, 5.74) is 6.25. The highest BCUT2D eigenvalue weighted by atomic mass is 16.5. The van der Waals surface area contributed by atoms with Crippen LogP contribution in [0.5, 0.6) is 11.5 Å². The molecular formula is C24H25N3O3. The Morgan fingerprint density at radius 1 is 1.00 bits per heavy atom. The van der Waals surface area contributed by atoms with Crippen molar-refractivity contribution in [3.05, 3.63) is 89.2 Å². The smallest absolute Gasteiger partial charge is 0.271 e. The first-order valence-electron chi connectivity index (χ1n) is 9.79. The quantitative estimate of drug-likeness (QED) is 0.328. The molecule has 2 aromatic carbocycles. The van der Waals surface area contributed by atoms with Gasteiger partial charge in [-0.3, -0.25) is 9.78 Å². The maximum Gasteiger partial charge on any atom is 0.271 e. The summed E-state index contributed by atoms with van der Waals surface area (Å²) in [5.74, 6) is 1.42. The number of hydrazone groups is 1. The maximum absolute atomic E-state index is 11.9. The van der Waals surface area contributed by atoms with E-state index in [0.717, 1.165) is 23.5 Å². The van der Waals surface area contributed by atoms with E-state index >= 15 is 0 Å². The fraction of sp³-hybridized carbons (Fsp3) is 0.208. The van der Waals surface area contributed by atoms with Crippen LogP contribution < -0.4 is 14.9 Å². The number of hydrogen-bond donors (Lipinski definition) is 1. The van der Waals surface area contributed by atoms with Gasteiger partial charge in [0.15, 0.2) is 0 Å². The fourth-order valence-corrected chi connectivity index (χ4v) is 2.70. The lowest BCUT2D eigenvalue weighted by atomic mass is 10.1. The molecule has 0 atom stereocenters. The van der Waals surface area contributed by atoms with Gasteiger partial charge in [0.1, 0.15) is 11.5 Å². The summed E-state index contributed by atoms with van der Waals surface area (Å²) in [5, 5.41) is 3.97. The van der Waals surface area contributed by atoms with E-state index in [1.165, 1.54) is 11.1 Å². The fourth-order valence-electron chi connectivity index (χ4n) is 2.70. The first kappa shape index (κ1) is 21.0. The molecule has 6 nitrogen and oxygen atoms in total. The molecule has 1 heterocycles. The van der Waals surface area contributed by atoms with Gasteiger partial charge >= 0.3 is 0 Å². The maximum atomic E-state index is 11.9. The summed E-state index contributed by atoms with van der Waals surface area (Å²) in [6.07, 6.45) is 5.50. The zero-order valence-corrected chi connectivity index (χ0v) is 17.2. The van der Waals surface area contributed by atoms with Crippen LogP contribution in [0.2, 0.25) is 0 Å². The zero-order chi connectivity index (χ0) is 21.2. The van der Waals surface area contributed by atoms with Gasteiger partial charge in [-0.2, -0.15) is 5.10 Å². The van der Waals surface area contributed by atoms with Gasteiger partial charge in [-0.1, -0.05) is 12.1 Å². The third-order valence-electron chi connectivity index (χ3n) is 4.57. The SMILES string of the molecule is Cc1cccc(OCCCOc2ccc(/C=N/NC(=O)c3ccncc3)cc2)c1C. The minimum absolute atomic E-state index is 0.281. The van der Waals surface area contributed by atoms with Crippen LogP contribution in [0.25, 0.3) is 0 Å². The Morgan fingerprint density at radius 3 is 2.50 bits per heavy atom. The Balaban J connectivity index is 1.38. The number of carbonyl (C=O) groups excluding carboxylic acids is 1. The van der Waals surface area contributed by atoms with Gasteiger partial charge in [-0.15, -0.1) is 0 Å². The first-order valence-corrected chi connectivity index (χ1v) is 9.79. The summed E-state index contributed by atoms with van der Waals surface area (Å²) in [6, 6.07) is 16.8. The number of ether oxygens (including phenoxy) is 2. The average molecular weight is 403 g/mol. The van der Waals surface area contributed by atoms with Crippen LogP contribution in [0.15, 0.2) is 72.1 Å². The Hall–Kier alpha value is -3.67. The van der Waals surface area contributed by atoms with E-state index in [9.17, 15) is 4.79 Å². The van der Waals surface area contributed by atoms with Crippen molar-refractivity contribution in [2.45, 2.75) is 20.3 Å². The van der Waals surface area contributed by atoms with Gasteiger partial charge < -0.3 is 9.47 Å². The number of carbonyl (C=O) groups is 1. The van der Waals surface area contributed by atoms with Crippen LogP contribution in [0.1, 0.15) is 33.5 Å². The second-order valence-corrected chi connectivity index (χ2v) is 6.75. The normalized spacial score (nSPS) is 10.7. The van der Waals surface area contributed by atoms with E-state index in [0.29, 0.717) is 18.8 Å². The summed E-state index contributed by atoms with van der Waals surface area (Å²) in [6.45, 7) is 5.32. The predicted molar refractivity (Wildman–Crippen MR) is 117 cm³/mol. The highest BCUT2D eigenvalue weighted by Gasteiger charge is 2.03. The van der Waals surface area contributed by atoms with Crippen molar-refractivity contribution >= 4 is 12.1 Å². The molecule has 0 radical (unpaired) electrons. The first-order chi connectivity index (χ1) is 14.6. The number of aryl methyl sites for hydroxylation is 1. The van der Waals surface area contributed by atoms with Crippen molar-refractivity contribution in [1.29, 1.82) is 0 Å². The van der Waals surface area contributed by atoms with E-state index in [1.807, 2.05) is 36.4 Å². The number of amides is 1. The molecule has 1 N–H and O–H groups in total. The minimum Gasteiger partial charge on any atom is -0.493 e. The van der Waals surface area contributed by atoms with Crippen LogP contribution in [-0.2, 0) is 0 Å². The van der Waals surface area contributed by atoms with Crippen LogP contribution >= 0.6 is 0 Å². The summed E-state index contributed by atoms with van der Waals surface area (Å²) >= 11 is 0. The van der Waals surface area contributed by atoms with Crippen molar-refractivity contribution in [2.24, 2.45) is 5.10 Å². The molecule has 0 unspecified atom stereocenters. The minimum atomic E-state index is -0.281. The summed E-state index contributed by atoms with van der Waals surface area (Å²) in [4.78, 5) is 15.8. The molecule has 0 fully saturated rings. The van der Waals surface area contributed by atoms with E-state index in [-0.39, 0.29) is 5.91 Å². The molecule has 0 spiro atoms. The molecule has 3 rings (SSSR count). The van der Waals surface area contributed by atoms with Crippen LogP contribution in [0.4, 0.5) is 0 Å². The standard InChI is InChI=1S/C24H25N3O3/c1-18-5-3-6-23(19(18)2)30-16-4-15-29-22-9-7-20(8-10-22)17-26-27-24(28)21-11-13-25-14-12-21/h3,5-14,17H,4,15-16H2,1-2H3,(H,27,28)/b26-17+. The number of nitrogens with zero attached hydrogens (tertiary/aromatic N) is 2. The number of benzene rings is 2. The van der Waals surface area contributed by atoms with Crippen molar-refractivity contribution in [3.8, 4) is 11.5 Å². The van der Waals surface area contributed by atoms with E-state index in [4.69, 9.17) is 9.47 Å². The lowest BCUT2D eigenvalue weighted by Gasteiger charge is -2.11. The Morgan fingerprint density at radius 2 is 1.73 bits per heavy atom. The van der Waals surface area contributed by atoms with Gasteiger partial charge in [-0.05, 0) is 73.0 Å². The van der Waals surface area contributed by atoms with E-state index in [1.54, 1.807) is 30.7 Å². The topological polar surface area (TPSA) is 72.8 Å². The molecule has 0 aliphatic rings. The van der Waals surface area contributed by atoms with Crippen molar-refractivity contribution in [2.75, 3.05) is 13.2 Å². The number of pyridine rings is 1. The predicted octanol–water partition coefficient (Wildman–Crippen LogP) is 4.31. The molecule has 3 aromatic rings. The van der Waals surface area contributed by atoms with Gasteiger partial charge in [-0.25, -0.2) is 5.43 Å². The van der Waals surface area contributed by atoms with Crippen LogP contribution in [0, 0.1) is 13.8 Å². The highest BCUT2D eigenvalue weighted by molar-refractivity contribution is 5.94. The zero-order valence-electron chi connectivity index (χ0n) is 17.2. The lowest BCUT2D eigenvalue weighted by Crippen LogP contribution is -2.17. The molecule has 1 aromatic heterocycles. The molecule has 1 amide bonds. The second kappa shape index (κ2) is 10.8. The summed E-state index contributed by atoms with van der Waals surface area (Å²) < 4.78 is 11.6. The van der Waals surface area contributed by atoms with Gasteiger partial charge in [0.05, 0.1) is 19.4 Å². The Kier molecular flexibility index (Phi) is 7.55. The third-order valence-corrected chi connectivity index (χ3v) is 4.57. The molecule has 154 valence electrons. The largest absolute Gasteiger partial charge is 0.493 e.